The van der Waals surface area contributed by atoms with Crippen LogP contribution in [0.2, 0.25) is 0 Å². The number of rotatable bonds is 7. The lowest BCUT2D eigenvalue weighted by molar-refractivity contribution is 0.0487. The molecule has 1 aliphatic heterocycles. The Hall–Kier alpha value is -0.910. The van der Waals surface area contributed by atoms with Crippen molar-refractivity contribution in [3.8, 4) is 0 Å². The van der Waals surface area contributed by atoms with Gasteiger partial charge in [0.15, 0.2) is 0 Å². The van der Waals surface area contributed by atoms with Crippen LogP contribution in [0.25, 0.3) is 0 Å². The molecular formula is C20H34O4S. The second-order valence-corrected chi connectivity index (χ2v) is 9.44. The third-order valence-corrected chi connectivity index (χ3v) is 5.74. The fraction of sp³-hybridized carbons (Fsp3) is 0.700. The summed E-state index contributed by atoms with van der Waals surface area (Å²) in [6.45, 7) is 9.66. The summed E-state index contributed by atoms with van der Waals surface area (Å²) in [6.07, 6.45) is 3.15. The lowest BCUT2D eigenvalue weighted by atomic mass is 10.0. The molecule has 1 aliphatic rings. The van der Waals surface area contributed by atoms with Crippen LogP contribution in [0.1, 0.15) is 46.1 Å². The van der Waals surface area contributed by atoms with E-state index < -0.39 is 9.84 Å². The zero-order valence-corrected chi connectivity index (χ0v) is 16.9. The van der Waals surface area contributed by atoms with Gasteiger partial charge in [-0.3, -0.25) is 0 Å². The zero-order valence-electron chi connectivity index (χ0n) is 16.1. The fourth-order valence-electron chi connectivity index (χ4n) is 2.49. The molecule has 0 aromatic heterocycles. The van der Waals surface area contributed by atoms with Crippen molar-refractivity contribution in [1.29, 1.82) is 0 Å². The summed E-state index contributed by atoms with van der Waals surface area (Å²) in [4.78, 5) is 0. The van der Waals surface area contributed by atoms with Gasteiger partial charge in [-0.25, -0.2) is 8.42 Å². The first-order chi connectivity index (χ1) is 11.8. The lowest BCUT2D eigenvalue weighted by Crippen LogP contribution is -2.26. The van der Waals surface area contributed by atoms with Gasteiger partial charge in [0.2, 0.25) is 0 Å². The number of hydrogen-bond acceptors (Lipinski definition) is 4. The minimum absolute atomic E-state index is 0.249. The molecule has 4 nitrogen and oxygen atoms in total. The molecule has 0 N–H and O–H groups in total. The minimum atomic E-state index is -2.71. The smallest absolute Gasteiger partial charge is 0.150 e. The van der Waals surface area contributed by atoms with Crippen LogP contribution in [0, 0.1) is 5.92 Å². The van der Waals surface area contributed by atoms with Gasteiger partial charge in [0.25, 0.3) is 0 Å². The van der Waals surface area contributed by atoms with Crippen molar-refractivity contribution in [2.45, 2.75) is 59.2 Å². The van der Waals surface area contributed by atoms with E-state index in [1.165, 1.54) is 5.56 Å². The van der Waals surface area contributed by atoms with Crippen molar-refractivity contribution >= 4 is 9.84 Å². The molecule has 1 saturated heterocycles. The van der Waals surface area contributed by atoms with Gasteiger partial charge in [-0.2, -0.15) is 0 Å². The third kappa shape index (κ3) is 11.3. The van der Waals surface area contributed by atoms with E-state index in [9.17, 15) is 8.42 Å². The molecule has 1 aromatic carbocycles. The number of hydrogen-bond donors (Lipinski definition) is 0. The Morgan fingerprint density at radius 1 is 0.960 bits per heavy atom. The quantitative estimate of drug-likeness (QED) is 0.731. The molecule has 0 atom stereocenters. The molecule has 0 unspecified atom stereocenters. The predicted octanol–water partition coefficient (Wildman–Crippen LogP) is 3.89. The third-order valence-electron chi connectivity index (χ3n) is 4.02. The van der Waals surface area contributed by atoms with Gasteiger partial charge in [-0.1, -0.05) is 30.3 Å². The van der Waals surface area contributed by atoms with Crippen molar-refractivity contribution in [3.63, 3.8) is 0 Å². The highest BCUT2D eigenvalue weighted by Gasteiger charge is 2.23. The van der Waals surface area contributed by atoms with E-state index in [2.05, 4.69) is 38.1 Å². The van der Waals surface area contributed by atoms with Crippen LogP contribution in [-0.2, 0) is 25.7 Å². The SMILES string of the molecule is CC(C)OCC1CCS(=O)(=O)CC1.CC(C)OCCc1ccccc1. The second kappa shape index (κ2) is 11.7. The zero-order chi connectivity index (χ0) is 18.7. The van der Waals surface area contributed by atoms with Gasteiger partial charge < -0.3 is 9.47 Å². The molecule has 0 radical (unpaired) electrons. The maximum Gasteiger partial charge on any atom is 0.150 e. The molecule has 0 aliphatic carbocycles. The van der Waals surface area contributed by atoms with Crippen molar-refractivity contribution in [1.82, 2.24) is 0 Å². The van der Waals surface area contributed by atoms with Crippen LogP contribution in [-0.4, -0.2) is 45.3 Å². The van der Waals surface area contributed by atoms with Gasteiger partial charge in [0.1, 0.15) is 9.84 Å². The van der Waals surface area contributed by atoms with E-state index in [1.807, 2.05) is 19.9 Å². The molecule has 144 valence electrons. The Balaban J connectivity index is 0.000000251. The molecule has 2 rings (SSSR count). The molecule has 1 heterocycles. The highest BCUT2D eigenvalue weighted by molar-refractivity contribution is 7.91. The van der Waals surface area contributed by atoms with Crippen molar-refractivity contribution in [2.24, 2.45) is 5.92 Å². The van der Waals surface area contributed by atoms with E-state index in [-0.39, 0.29) is 6.10 Å². The first kappa shape index (κ1) is 22.1. The molecule has 0 bridgehead atoms. The Morgan fingerprint density at radius 2 is 1.52 bits per heavy atom. The molecular weight excluding hydrogens is 336 g/mol. The Kier molecular flexibility index (Phi) is 10.3. The van der Waals surface area contributed by atoms with Gasteiger partial charge in [-0.05, 0) is 58.4 Å². The van der Waals surface area contributed by atoms with Gasteiger partial charge in [-0.15, -0.1) is 0 Å². The van der Waals surface area contributed by atoms with Crippen LogP contribution >= 0.6 is 0 Å². The molecule has 5 heteroatoms. The normalized spacial score (nSPS) is 17.4. The highest BCUT2D eigenvalue weighted by Crippen LogP contribution is 2.19. The second-order valence-electron chi connectivity index (χ2n) is 7.13. The van der Waals surface area contributed by atoms with Crippen molar-refractivity contribution in [2.75, 3.05) is 24.7 Å². The van der Waals surface area contributed by atoms with E-state index in [0.29, 0.717) is 30.1 Å². The Labute approximate surface area is 153 Å². The van der Waals surface area contributed by atoms with E-state index >= 15 is 0 Å². The first-order valence-corrected chi connectivity index (χ1v) is 11.1. The standard InChI is InChI=1S/C11H16O.C9H18O3S/c1-10(2)12-9-8-11-6-4-3-5-7-11;1-8(2)12-7-9-3-5-13(10,11)6-4-9/h3-7,10H,8-9H2,1-2H3;8-9H,3-7H2,1-2H3. The fourth-order valence-corrected chi connectivity index (χ4v) is 4.08. The Morgan fingerprint density at radius 3 is 2.04 bits per heavy atom. The Bertz CT molecular complexity index is 538. The van der Waals surface area contributed by atoms with Gasteiger partial charge in [0.05, 0.1) is 30.3 Å². The van der Waals surface area contributed by atoms with Crippen molar-refractivity contribution in [3.05, 3.63) is 35.9 Å². The average molecular weight is 371 g/mol. The molecule has 1 fully saturated rings. The molecule has 0 amide bonds. The maximum atomic E-state index is 11.1. The highest BCUT2D eigenvalue weighted by atomic mass is 32.2. The topological polar surface area (TPSA) is 52.6 Å². The van der Waals surface area contributed by atoms with E-state index in [0.717, 1.165) is 25.9 Å². The molecule has 0 saturated carbocycles. The van der Waals surface area contributed by atoms with Crippen LogP contribution in [0.4, 0.5) is 0 Å². The largest absolute Gasteiger partial charge is 0.379 e. The number of sulfone groups is 1. The number of ether oxygens (including phenoxy) is 2. The summed E-state index contributed by atoms with van der Waals surface area (Å²) in [5.41, 5.74) is 1.35. The number of benzene rings is 1. The lowest BCUT2D eigenvalue weighted by Gasteiger charge is -2.22. The minimum Gasteiger partial charge on any atom is -0.379 e. The monoisotopic (exact) mass is 370 g/mol. The van der Waals surface area contributed by atoms with Crippen LogP contribution in [0.5, 0.6) is 0 Å². The van der Waals surface area contributed by atoms with Crippen LogP contribution in [0.3, 0.4) is 0 Å². The summed E-state index contributed by atoms with van der Waals surface area (Å²) in [5, 5.41) is 0. The van der Waals surface area contributed by atoms with Crippen LogP contribution in [0.15, 0.2) is 30.3 Å². The summed E-state index contributed by atoms with van der Waals surface area (Å²) < 4.78 is 33.1. The van der Waals surface area contributed by atoms with Gasteiger partial charge in [0, 0.05) is 6.61 Å². The predicted molar refractivity (Wildman–Crippen MR) is 104 cm³/mol. The van der Waals surface area contributed by atoms with Gasteiger partial charge >= 0.3 is 0 Å². The van der Waals surface area contributed by atoms with E-state index in [1.54, 1.807) is 0 Å². The van der Waals surface area contributed by atoms with Crippen molar-refractivity contribution < 1.29 is 17.9 Å². The first-order valence-electron chi connectivity index (χ1n) is 9.26. The molecule has 1 aromatic rings. The molecule has 25 heavy (non-hydrogen) atoms. The summed E-state index contributed by atoms with van der Waals surface area (Å²) in [6, 6.07) is 10.4. The summed E-state index contributed by atoms with van der Waals surface area (Å²) in [5.74, 6) is 1.14. The average Bonchev–Trinajstić information content (AvgIpc) is 2.55. The summed E-state index contributed by atoms with van der Waals surface area (Å²) in [7, 11) is -2.71. The molecule has 0 spiro atoms. The van der Waals surface area contributed by atoms with E-state index in [4.69, 9.17) is 9.47 Å². The maximum absolute atomic E-state index is 11.1. The van der Waals surface area contributed by atoms with Crippen LogP contribution < -0.4 is 0 Å². The summed E-state index contributed by atoms with van der Waals surface area (Å²) >= 11 is 0.